The van der Waals surface area contributed by atoms with Gasteiger partial charge in [-0.1, -0.05) is 0 Å². The number of carbonyl (C=O) groups excluding carboxylic acids is 1. The lowest BCUT2D eigenvalue weighted by Crippen LogP contribution is -2.42. The molecule has 2 bridgehead atoms. The number of ether oxygens (including phenoxy) is 1. The minimum atomic E-state index is 0. The fourth-order valence-corrected chi connectivity index (χ4v) is 3.73. The molecule has 3 aliphatic rings. The molecule has 3 aliphatic heterocycles. The van der Waals surface area contributed by atoms with Crippen molar-refractivity contribution >= 4 is 18.3 Å². The zero-order valence-electron chi connectivity index (χ0n) is 11.4. The van der Waals surface area contributed by atoms with Gasteiger partial charge in [-0.2, -0.15) is 0 Å². The number of nitrogens with one attached hydrogen (secondary N) is 2. The lowest BCUT2D eigenvalue weighted by atomic mass is 9.89. The highest BCUT2D eigenvalue weighted by atomic mass is 35.5. The van der Waals surface area contributed by atoms with E-state index in [0.29, 0.717) is 24.0 Å². The average molecular weight is 289 g/mol. The van der Waals surface area contributed by atoms with Crippen LogP contribution in [0.1, 0.15) is 44.9 Å². The third-order valence-corrected chi connectivity index (χ3v) is 4.63. The Morgan fingerprint density at radius 2 is 1.74 bits per heavy atom. The Morgan fingerprint density at radius 1 is 1.11 bits per heavy atom. The summed E-state index contributed by atoms with van der Waals surface area (Å²) in [6.45, 7) is 1.59. The molecule has 2 N–H and O–H groups in total. The van der Waals surface area contributed by atoms with Gasteiger partial charge in [0, 0.05) is 37.8 Å². The second kappa shape index (κ2) is 6.91. The first-order valence-electron chi connectivity index (χ1n) is 7.43. The van der Waals surface area contributed by atoms with Gasteiger partial charge in [0.15, 0.2) is 0 Å². The monoisotopic (exact) mass is 288 g/mol. The smallest absolute Gasteiger partial charge is 0.220 e. The Hall–Kier alpha value is -0.320. The number of halogens is 1. The van der Waals surface area contributed by atoms with Crippen LogP contribution < -0.4 is 10.6 Å². The molecule has 0 spiro atoms. The van der Waals surface area contributed by atoms with Gasteiger partial charge >= 0.3 is 0 Å². The summed E-state index contributed by atoms with van der Waals surface area (Å²) in [5.74, 6) is 0.858. The molecule has 3 heterocycles. The Labute approximate surface area is 121 Å². The maximum atomic E-state index is 12.0. The fourth-order valence-electron chi connectivity index (χ4n) is 3.73. The molecule has 0 aromatic heterocycles. The Bertz CT molecular complexity index is 296. The summed E-state index contributed by atoms with van der Waals surface area (Å²) in [6.07, 6.45) is 7.68. The third-order valence-electron chi connectivity index (χ3n) is 4.63. The van der Waals surface area contributed by atoms with E-state index < -0.39 is 0 Å². The molecule has 1 amide bonds. The second-order valence-electron chi connectivity index (χ2n) is 6.13. The number of rotatable bonds is 3. The predicted molar refractivity (Wildman–Crippen MR) is 76.5 cm³/mol. The normalized spacial score (nSPS) is 34.6. The second-order valence-corrected chi connectivity index (χ2v) is 6.13. The summed E-state index contributed by atoms with van der Waals surface area (Å²) in [5.41, 5.74) is 0. The van der Waals surface area contributed by atoms with Crippen LogP contribution in [-0.2, 0) is 9.53 Å². The fraction of sp³-hybridized carbons (Fsp3) is 0.929. The maximum Gasteiger partial charge on any atom is 0.220 e. The molecule has 0 aromatic rings. The standard InChI is InChI=1S/C14H24N2O2.ClH/c17-14(16-11-3-5-18-6-4-11)9-10-7-12-1-2-13(8-10)15-12;/h10-13,15H,1-9H2,(H,16,17);1H. The van der Waals surface area contributed by atoms with Crippen LogP contribution in [0.15, 0.2) is 0 Å². The molecule has 3 fully saturated rings. The van der Waals surface area contributed by atoms with Crippen molar-refractivity contribution < 1.29 is 9.53 Å². The van der Waals surface area contributed by atoms with E-state index in [0.717, 1.165) is 32.5 Å². The molecule has 2 unspecified atom stereocenters. The number of hydrogen-bond acceptors (Lipinski definition) is 3. The molecule has 0 radical (unpaired) electrons. The summed E-state index contributed by atoms with van der Waals surface area (Å²) in [5, 5.41) is 6.80. The van der Waals surface area contributed by atoms with Crippen LogP contribution >= 0.6 is 12.4 Å². The van der Waals surface area contributed by atoms with Crippen molar-refractivity contribution in [1.29, 1.82) is 0 Å². The van der Waals surface area contributed by atoms with Gasteiger partial charge in [0.2, 0.25) is 5.91 Å². The quantitative estimate of drug-likeness (QED) is 0.830. The highest BCUT2D eigenvalue weighted by molar-refractivity contribution is 5.85. The summed E-state index contributed by atoms with van der Waals surface area (Å²) >= 11 is 0. The number of amides is 1. The molecule has 2 atom stereocenters. The lowest BCUT2D eigenvalue weighted by molar-refractivity contribution is -0.123. The molecule has 0 aromatic carbocycles. The van der Waals surface area contributed by atoms with Crippen molar-refractivity contribution in [3.63, 3.8) is 0 Å². The average Bonchev–Trinajstić information content (AvgIpc) is 2.70. The van der Waals surface area contributed by atoms with Gasteiger partial charge in [0.1, 0.15) is 0 Å². The van der Waals surface area contributed by atoms with E-state index in [-0.39, 0.29) is 18.3 Å². The molecule has 19 heavy (non-hydrogen) atoms. The van der Waals surface area contributed by atoms with Crippen LogP contribution in [0.3, 0.4) is 0 Å². The van der Waals surface area contributed by atoms with E-state index in [2.05, 4.69) is 10.6 Å². The molecule has 110 valence electrons. The topological polar surface area (TPSA) is 50.4 Å². The number of hydrogen-bond donors (Lipinski definition) is 2. The number of piperidine rings is 1. The highest BCUT2D eigenvalue weighted by Crippen LogP contribution is 2.32. The van der Waals surface area contributed by atoms with E-state index in [9.17, 15) is 4.79 Å². The van der Waals surface area contributed by atoms with Crippen LogP contribution in [0.4, 0.5) is 0 Å². The first kappa shape index (κ1) is 15.1. The van der Waals surface area contributed by atoms with Gasteiger partial charge in [0.05, 0.1) is 0 Å². The minimum absolute atomic E-state index is 0. The Kier molecular flexibility index (Phi) is 5.48. The van der Waals surface area contributed by atoms with Gasteiger partial charge < -0.3 is 15.4 Å². The number of carbonyl (C=O) groups is 1. The van der Waals surface area contributed by atoms with Gasteiger partial charge in [0.25, 0.3) is 0 Å². The molecular formula is C14H25ClN2O2. The molecule has 0 saturated carbocycles. The van der Waals surface area contributed by atoms with Crippen LogP contribution in [0.25, 0.3) is 0 Å². The molecule has 4 nitrogen and oxygen atoms in total. The molecule has 3 rings (SSSR count). The van der Waals surface area contributed by atoms with Gasteiger partial charge in [-0.15, -0.1) is 12.4 Å². The van der Waals surface area contributed by atoms with Crippen molar-refractivity contribution in [2.45, 2.75) is 63.1 Å². The SMILES string of the molecule is Cl.O=C(CC1CC2CCC(C1)N2)NC1CCOCC1. The zero-order valence-corrected chi connectivity index (χ0v) is 12.2. The number of fused-ring (bicyclic) bond motifs is 2. The van der Waals surface area contributed by atoms with Crippen molar-refractivity contribution in [2.24, 2.45) is 5.92 Å². The van der Waals surface area contributed by atoms with Crippen LogP contribution in [0, 0.1) is 5.92 Å². The maximum absolute atomic E-state index is 12.0. The van der Waals surface area contributed by atoms with Gasteiger partial charge in [-0.05, 0) is 44.4 Å². The van der Waals surface area contributed by atoms with Crippen molar-refractivity contribution in [2.75, 3.05) is 13.2 Å². The van der Waals surface area contributed by atoms with Crippen LogP contribution in [0.5, 0.6) is 0 Å². The first-order chi connectivity index (χ1) is 8.79. The van der Waals surface area contributed by atoms with Crippen molar-refractivity contribution in [3.8, 4) is 0 Å². The minimum Gasteiger partial charge on any atom is -0.381 e. The highest BCUT2D eigenvalue weighted by Gasteiger charge is 2.34. The van der Waals surface area contributed by atoms with Crippen molar-refractivity contribution in [3.05, 3.63) is 0 Å². The van der Waals surface area contributed by atoms with E-state index in [1.54, 1.807) is 0 Å². The van der Waals surface area contributed by atoms with E-state index in [4.69, 9.17) is 4.74 Å². The molecule has 3 saturated heterocycles. The summed E-state index contributed by atoms with van der Waals surface area (Å²) in [7, 11) is 0. The van der Waals surface area contributed by atoms with Crippen LogP contribution in [-0.4, -0.2) is 37.2 Å². The van der Waals surface area contributed by atoms with E-state index in [1.165, 1.54) is 25.7 Å². The van der Waals surface area contributed by atoms with Gasteiger partial charge in [-0.3, -0.25) is 4.79 Å². The molecule has 5 heteroatoms. The molecule has 0 aliphatic carbocycles. The van der Waals surface area contributed by atoms with E-state index in [1.807, 2.05) is 0 Å². The van der Waals surface area contributed by atoms with Gasteiger partial charge in [-0.25, -0.2) is 0 Å². The summed E-state index contributed by atoms with van der Waals surface area (Å²) in [6, 6.07) is 1.72. The summed E-state index contributed by atoms with van der Waals surface area (Å²) in [4.78, 5) is 12.0. The van der Waals surface area contributed by atoms with Crippen LogP contribution in [0.2, 0.25) is 0 Å². The van der Waals surface area contributed by atoms with Crippen molar-refractivity contribution in [1.82, 2.24) is 10.6 Å². The molecular weight excluding hydrogens is 264 g/mol. The largest absolute Gasteiger partial charge is 0.381 e. The lowest BCUT2D eigenvalue weighted by Gasteiger charge is -2.29. The summed E-state index contributed by atoms with van der Waals surface area (Å²) < 4.78 is 5.31. The predicted octanol–water partition coefficient (Wildman–Crippen LogP) is 1.62. The first-order valence-corrected chi connectivity index (χ1v) is 7.43. The Morgan fingerprint density at radius 3 is 2.37 bits per heavy atom. The zero-order chi connectivity index (χ0) is 12.4. The third kappa shape index (κ3) is 4.07. The van der Waals surface area contributed by atoms with E-state index >= 15 is 0 Å². The Balaban J connectivity index is 0.00000133.